The van der Waals surface area contributed by atoms with Gasteiger partial charge in [0.2, 0.25) is 0 Å². The van der Waals surface area contributed by atoms with Crippen molar-refractivity contribution >= 4 is 10.1 Å². The van der Waals surface area contributed by atoms with Crippen LogP contribution in [0, 0.1) is 12.8 Å². The predicted octanol–water partition coefficient (Wildman–Crippen LogP) is 4.54. The van der Waals surface area contributed by atoms with Crippen molar-refractivity contribution < 1.29 is 17.3 Å². The molecule has 0 spiro atoms. The van der Waals surface area contributed by atoms with Crippen LogP contribution in [0.2, 0.25) is 0 Å². The highest BCUT2D eigenvalue weighted by Gasteiger charge is 2.22. The van der Waals surface area contributed by atoms with E-state index in [2.05, 4.69) is 6.92 Å². The Labute approximate surface area is 150 Å². The molecule has 136 valence electrons. The summed E-state index contributed by atoms with van der Waals surface area (Å²) in [6, 6.07) is 14.6. The van der Waals surface area contributed by atoms with Crippen LogP contribution in [0.25, 0.3) is 0 Å². The Morgan fingerprint density at radius 2 is 1.76 bits per heavy atom. The monoisotopic (exact) mass is 362 g/mol. The van der Waals surface area contributed by atoms with Crippen molar-refractivity contribution in [3.05, 3.63) is 59.7 Å². The normalized spacial score (nSPS) is 14.1. The summed E-state index contributed by atoms with van der Waals surface area (Å²) in [5.41, 5.74) is 2.14. The number of benzene rings is 2. The topological polar surface area (TPSA) is 52.6 Å². The lowest BCUT2D eigenvalue weighted by atomic mass is 9.85. The van der Waals surface area contributed by atoms with E-state index in [-0.39, 0.29) is 23.3 Å². The largest absolute Gasteiger partial charge is 0.497 e. The fourth-order valence-electron chi connectivity index (χ4n) is 2.92. The van der Waals surface area contributed by atoms with Crippen LogP contribution in [0.4, 0.5) is 0 Å². The third-order valence-corrected chi connectivity index (χ3v) is 5.74. The van der Waals surface area contributed by atoms with Gasteiger partial charge in [-0.1, -0.05) is 43.7 Å². The first-order valence-electron chi connectivity index (χ1n) is 8.47. The molecule has 2 aromatic carbocycles. The Morgan fingerprint density at radius 1 is 1.08 bits per heavy atom. The lowest BCUT2D eigenvalue weighted by Crippen LogP contribution is -2.18. The van der Waals surface area contributed by atoms with Gasteiger partial charge in [0.1, 0.15) is 5.75 Å². The minimum Gasteiger partial charge on any atom is -0.497 e. The number of ether oxygens (including phenoxy) is 1. The lowest BCUT2D eigenvalue weighted by Gasteiger charge is -2.23. The second-order valence-electron chi connectivity index (χ2n) is 6.32. The van der Waals surface area contributed by atoms with Gasteiger partial charge >= 0.3 is 0 Å². The number of rotatable bonds is 8. The van der Waals surface area contributed by atoms with E-state index in [9.17, 15) is 8.42 Å². The van der Waals surface area contributed by atoms with E-state index in [1.807, 2.05) is 38.1 Å². The molecule has 0 aliphatic rings. The maximum absolute atomic E-state index is 12.4. The molecule has 4 nitrogen and oxygen atoms in total. The van der Waals surface area contributed by atoms with E-state index in [0.29, 0.717) is 0 Å². The maximum atomic E-state index is 12.4. The molecule has 2 atom stereocenters. The summed E-state index contributed by atoms with van der Waals surface area (Å²) in [6.45, 7) is 6.17. The van der Waals surface area contributed by atoms with Crippen molar-refractivity contribution in [2.24, 2.45) is 5.92 Å². The Balaban J connectivity index is 2.08. The third kappa shape index (κ3) is 5.06. The van der Waals surface area contributed by atoms with Crippen LogP contribution in [-0.4, -0.2) is 22.1 Å². The molecule has 0 aliphatic carbocycles. The Morgan fingerprint density at radius 3 is 2.36 bits per heavy atom. The highest BCUT2D eigenvalue weighted by atomic mass is 32.2. The fraction of sp³-hybridized carbons (Fsp3) is 0.400. The van der Waals surface area contributed by atoms with Gasteiger partial charge in [-0.15, -0.1) is 0 Å². The quantitative estimate of drug-likeness (QED) is 0.647. The second-order valence-corrected chi connectivity index (χ2v) is 7.94. The molecule has 2 unspecified atom stereocenters. The highest BCUT2D eigenvalue weighted by Crippen LogP contribution is 2.31. The van der Waals surface area contributed by atoms with E-state index < -0.39 is 10.1 Å². The molecule has 0 amide bonds. The zero-order valence-electron chi connectivity index (χ0n) is 15.2. The van der Waals surface area contributed by atoms with Crippen LogP contribution in [0.5, 0.6) is 5.75 Å². The van der Waals surface area contributed by atoms with E-state index >= 15 is 0 Å². The van der Waals surface area contributed by atoms with Gasteiger partial charge in [-0.2, -0.15) is 8.42 Å². The molecule has 0 N–H and O–H groups in total. The smallest absolute Gasteiger partial charge is 0.296 e. The number of hydrogen-bond acceptors (Lipinski definition) is 4. The van der Waals surface area contributed by atoms with Crippen molar-refractivity contribution in [1.82, 2.24) is 0 Å². The van der Waals surface area contributed by atoms with Crippen molar-refractivity contribution in [1.29, 1.82) is 0 Å². The van der Waals surface area contributed by atoms with Crippen molar-refractivity contribution in [2.75, 3.05) is 13.7 Å². The summed E-state index contributed by atoms with van der Waals surface area (Å²) in [6.07, 6.45) is 0.891. The summed E-state index contributed by atoms with van der Waals surface area (Å²) < 4.78 is 35.3. The summed E-state index contributed by atoms with van der Waals surface area (Å²) in [4.78, 5) is 0.194. The third-order valence-electron chi connectivity index (χ3n) is 4.44. The van der Waals surface area contributed by atoms with Crippen molar-refractivity contribution in [2.45, 2.75) is 38.0 Å². The molecule has 0 radical (unpaired) electrons. The van der Waals surface area contributed by atoms with Crippen LogP contribution < -0.4 is 4.74 Å². The number of hydrogen-bond donors (Lipinski definition) is 0. The average Bonchev–Trinajstić information content (AvgIpc) is 2.61. The minimum absolute atomic E-state index is 0.0531. The van der Waals surface area contributed by atoms with Gasteiger partial charge < -0.3 is 4.74 Å². The molecule has 5 heteroatoms. The van der Waals surface area contributed by atoms with Crippen LogP contribution >= 0.6 is 0 Å². The molecular weight excluding hydrogens is 336 g/mol. The van der Waals surface area contributed by atoms with Gasteiger partial charge in [0.05, 0.1) is 18.6 Å². The molecule has 0 saturated carbocycles. The first-order chi connectivity index (χ1) is 11.9. The van der Waals surface area contributed by atoms with Crippen LogP contribution in [0.15, 0.2) is 53.4 Å². The SMILES string of the molecule is CCC(c1cccc(OC)c1)C(C)COS(=O)(=O)c1ccc(C)cc1. The standard InChI is InChI=1S/C20H26O4S/c1-5-20(17-7-6-8-18(13-17)23-4)16(3)14-24-25(21,22)19-11-9-15(2)10-12-19/h6-13,16,20H,5,14H2,1-4H3. The molecule has 0 bridgehead atoms. The fourth-order valence-corrected chi connectivity index (χ4v) is 3.92. The van der Waals surface area contributed by atoms with Crippen molar-refractivity contribution in [3.8, 4) is 5.75 Å². The Kier molecular flexibility index (Phi) is 6.62. The number of aryl methyl sites for hydroxylation is 1. The highest BCUT2D eigenvalue weighted by molar-refractivity contribution is 7.86. The van der Waals surface area contributed by atoms with Gasteiger partial charge in [-0.25, -0.2) is 0 Å². The molecule has 0 heterocycles. The molecule has 0 aliphatic heterocycles. The molecule has 2 rings (SSSR count). The minimum atomic E-state index is -3.73. The molecule has 0 saturated heterocycles. The summed E-state index contributed by atoms with van der Waals surface area (Å²) in [5.74, 6) is 1.05. The number of methoxy groups -OCH3 is 1. The van der Waals surface area contributed by atoms with Crippen molar-refractivity contribution in [3.63, 3.8) is 0 Å². The van der Waals surface area contributed by atoms with Gasteiger partial charge in [-0.3, -0.25) is 4.18 Å². The van der Waals surface area contributed by atoms with Crippen LogP contribution in [-0.2, 0) is 14.3 Å². The summed E-state index contributed by atoms with van der Waals surface area (Å²) in [7, 11) is -2.09. The zero-order valence-corrected chi connectivity index (χ0v) is 16.0. The molecule has 2 aromatic rings. The summed E-state index contributed by atoms with van der Waals surface area (Å²) >= 11 is 0. The van der Waals surface area contributed by atoms with Crippen LogP contribution in [0.1, 0.15) is 37.3 Å². The molecule has 0 aromatic heterocycles. The molecule has 0 fully saturated rings. The van der Waals surface area contributed by atoms with E-state index in [1.54, 1.807) is 31.4 Å². The Hall–Kier alpha value is -1.85. The van der Waals surface area contributed by atoms with Gasteiger partial charge in [0.15, 0.2) is 0 Å². The Bertz CT molecular complexity index is 782. The molecule has 25 heavy (non-hydrogen) atoms. The van der Waals surface area contributed by atoms with Crippen LogP contribution in [0.3, 0.4) is 0 Å². The second kappa shape index (κ2) is 8.50. The van der Waals surface area contributed by atoms with E-state index in [0.717, 1.165) is 23.3 Å². The summed E-state index contributed by atoms with van der Waals surface area (Å²) in [5, 5.41) is 0. The average molecular weight is 362 g/mol. The predicted molar refractivity (Wildman–Crippen MR) is 99.5 cm³/mol. The van der Waals surface area contributed by atoms with Gasteiger partial charge in [0, 0.05) is 0 Å². The molecular formula is C20H26O4S. The van der Waals surface area contributed by atoms with E-state index in [4.69, 9.17) is 8.92 Å². The lowest BCUT2D eigenvalue weighted by molar-refractivity contribution is 0.239. The zero-order chi connectivity index (χ0) is 18.4. The maximum Gasteiger partial charge on any atom is 0.296 e. The first kappa shape index (κ1) is 19.5. The first-order valence-corrected chi connectivity index (χ1v) is 9.88. The van der Waals surface area contributed by atoms with Gasteiger partial charge in [-0.05, 0) is 55.0 Å². The van der Waals surface area contributed by atoms with Gasteiger partial charge in [0.25, 0.3) is 10.1 Å². The van der Waals surface area contributed by atoms with E-state index in [1.165, 1.54) is 0 Å².